The number of hydrogen-bond acceptors (Lipinski definition) is 5. The van der Waals surface area contributed by atoms with Gasteiger partial charge in [-0.15, -0.1) is 11.8 Å². The molecule has 4 nitrogen and oxygen atoms in total. The van der Waals surface area contributed by atoms with Crippen molar-refractivity contribution >= 4 is 30.0 Å². The number of fused-ring (bicyclic) bond motifs is 1. The Hall–Kier alpha value is -2.35. The van der Waals surface area contributed by atoms with E-state index in [-0.39, 0.29) is 18.6 Å². The highest BCUT2D eigenvalue weighted by molar-refractivity contribution is 7.99. The lowest BCUT2D eigenvalue weighted by Gasteiger charge is -2.17. The molecule has 1 heterocycles. The number of Topliss-reactive ketones (excluding diaryl/α,β-unsaturated/α-hetero) is 2. The average molecular weight is 397 g/mol. The zero-order chi connectivity index (χ0) is 20.0. The summed E-state index contributed by atoms with van der Waals surface area (Å²) < 4.78 is 44.8. The van der Waals surface area contributed by atoms with Gasteiger partial charge >= 0.3 is 6.18 Å². The van der Waals surface area contributed by atoms with Crippen LogP contribution < -0.4 is 4.74 Å². The first-order valence-electron chi connectivity index (χ1n) is 8.15. The first-order valence-corrected chi connectivity index (χ1v) is 9.13. The van der Waals surface area contributed by atoms with Gasteiger partial charge in [0.1, 0.15) is 11.4 Å². The topological polar surface area (TPSA) is 55.7 Å². The molecule has 1 aliphatic heterocycles. The standard InChI is InChI=1S/C19H18F3NO3S/c1-3-4-13(19(20,21)22)18(23-2)15(25)7-6-14(24)12-5-8-16-17(11-12)27-10-9-26-16/h3-5,8,11H,2,6-7,9-10H2,1H3/b4-3-,18-13+. The van der Waals surface area contributed by atoms with Gasteiger partial charge < -0.3 is 4.74 Å². The van der Waals surface area contributed by atoms with E-state index in [4.69, 9.17) is 4.74 Å². The van der Waals surface area contributed by atoms with Crippen molar-refractivity contribution in [2.45, 2.75) is 30.8 Å². The van der Waals surface area contributed by atoms with Crippen molar-refractivity contribution in [1.82, 2.24) is 0 Å². The minimum Gasteiger partial charge on any atom is -0.492 e. The lowest BCUT2D eigenvalue weighted by molar-refractivity contribution is -0.117. The number of ether oxygens (including phenoxy) is 1. The molecule has 0 unspecified atom stereocenters. The van der Waals surface area contributed by atoms with Crippen LogP contribution in [0.15, 0.2) is 51.5 Å². The molecule has 0 radical (unpaired) electrons. The molecule has 0 aliphatic carbocycles. The van der Waals surface area contributed by atoms with Crippen molar-refractivity contribution in [2.24, 2.45) is 4.99 Å². The molecule has 1 aliphatic rings. The van der Waals surface area contributed by atoms with Crippen molar-refractivity contribution in [3.05, 3.63) is 47.2 Å². The zero-order valence-corrected chi connectivity index (χ0v) is 15.5. The van der Waals surface area contributed by atoms with Crippen molar-refractivity contribution in [3.8, 4) is 5.75 Å². The zero-order valence-electron chi connectivity index (χ0n) is 14.6. The number of carbonyl (C=O) groups excluding carboxylic acids is 2. The van der Waals surface area contributed by atoms with Gasteiger partial charge in [0.05, 0.1) is 17.1 Å². The number of allylic oxidation sites excluding steroid dienone is 4. The molecule has 0 aromatic heterocycles. The molecular formula is C19H18F3NO3S. The number of aliphatic imine (C=N–C) groups is 1. The first-order chi connectivity index (χ1) is 12.8. The summed E-state index contributed by atoms with van der Waals surface area (Å²) in [6.07, 6.45) is -3.41. The van der Waals surface area contributed by atoms with Gasteiger partial charge in [-0.2, -0.15) is 13.2 Å². The van der Waals surface area contributed by atoms with Gasteiger partial charge in [0, 0.05) is 24.2 Å². The van der Waals surface area contributed by atoms with Crippen LogP contribution in [0.3, 0.4) is 0 Å². The van der Waals surface area contributed by atoms with Crippen LogP contribution in [0.1, 0.15) is 30.1 Å². The van der Waals surface area contributed by atoms with E-state index in [1.165, 1.54) is 13.0 Å². The molecule has 0 saturated carbocycles. The van der Waals surface area contributed by atoms with Crippen LogP contribution in [0.25, 0.3) is 0 Å². The highest BCUT2D eigenvalue weighted by Crippen LogP contribution is 2.34. The Morgan fingerprint density at radius 2 is 2.07 bits per heavy atom. The number of carbonyl (C=O) groups is 2. The maximum Gasteiger partial charge on any atom is 0.418 e. The second-order valence-electron chi connectivity index (χ2n) is 5.62. The number of halogens is 3. The Kier molecular flexibility index (Phi) is 7.01. The number of benzene rings is 1. The molecule has 0 N–H and O–H groups in total. The fourth-order valence-electron chi connectivity index (χ4n) is 2.50. The molecule has 27 heavy (non-hydrogen) atoms. The van der Waals surface area contributed by atoms with Crippen LogP contribution in [-0.4, -0.2) is 36.8 Å². The van der Waals surface area contributed by atoms with Crippen molar-refractivity contribution in [3.63, 3.8) is 0 Å². The third kappa shape index (κ3) is 5.32. The van der Waals surface area contributed by atoms with Gasteiger partial charge in [0.15, 0.2) is 11.6 Å². The summed E-state index contributed by atoms with van der Waals surface area (Å²) in [5.74, 6) is 0.258. The molecule has 8 heteroatoms. The van der Waals surface area contributed by atoms with E-state index < -0.39 is 23.2 Å². The summed E-state index contributed by atoms with van der Waals surface area (Å²) >= 11 is 1.56. The molecule has 0 amide bonds. The van der Waals surface area contributed by atoms with Gasteiger partial charge in [-0.3, -0.25) is 14.6 Å². The average Bonchev–Trinajstić information content (AvgIpc) is 2.64. The van der Waals surface area contributed by atoms with E-state index in [1.54, 1.807) is 30.0 Å². The minimum atomic E-state index is -4.74. The maximum absolute atomic E-state index is 13.1. The molecule has 0 bridgehead atoms. The number of thioether (sulfide) groups is 1. The quantitative estimate of drug-likeness (QED) is 0.287. The Bertz CT molecular complexity index is 813. The minimum absolute atomic E-state index is 0.219. The molecule has 0 fully saturated rings. The van der Waals surface area contributed by atoms with Gasteiger partial charge in [-0.25, -0.2) is 0 Å². The van der Waals surface area contributed by atoms with Crippen LogP contribution in [-0.2, 0) is 4.79 Å². The Morgan fingerprint density at radius 1 is 1.33 bits per heavy atom. The third-order valence-corrected chi connectivity index (χ3v) is 4.76. The van der Waals surface area contributed by atoms with E-state index in [0.717, 1.165) is 16.7 Å². The smallest absolute Gasteiger partial charge is 0.418 e. The highest BCUT2D eigenvalue weighted by atomic mass is 32.2. The predicted molar refractivity (Wildman–Crippen MR) is 98.7 cm³/mol. The maximum atomic E-state index is 13.1. The van der Waals surface area contributed by atoms with Gasteiger partial charge in [0.2, 0.25) is 0 Å². The fourth-order valence-corrected chi connectivity index (χ4v) is 3.37. The molecule has 2 rings (SSSR count). The van der Waals surface area contributed by atoms with Crippen molar-refractivity contribution in [2.75, 3.05) is 12.4 Å². The number of rotatable bonds is 7. The van der Waals surface area contributed by atoms with Crippen LogP contribution in [0.2, 0.25) is 0 Å². The molecule has 144 valence electrons. The second-order valence-corrected chi connectivity index (χ2v) is 6.76. The fraction of sp³-hybridized carbons (Fsp3) is 0.316. The lowest BCUT2D eigenvalue weighted by atomic mass is 10.0. The predicted octanol–water partition coefficient (Wildman–Crippen LogP) is 4.80. The highest BCUT2D eigenvalue weighted by Gasteiger charge is 2.36. The van der Waals surface area contributed by atoms with E-state index in [1.807, 2.05) is 0 Å². The van der Waals surface area contributed by atoms with Crippen LogP contribution >= 0.6 is 11.8 Å². The van der Waals surface area contributed by atoms with Crippen LogP contribution in [0, 0.1) is 0 Å². The summed E-state index contributed by atoms with van der Waals surface area (Å²) in [4.78, 5) is 28.6. The first kappa shape index (κ1) is 21.0. The molecule has 1 aromatic rings. The largest absolute Gasteiger partial charge is 0.492 e. The van der Waals surface area contributed by atoms with E-state index >= 15 is 0 Å². The number of ketones is 2. The van der Waals surface area contributed by atoms with E-state index in [2.05, 4.69) is 11.7 Å². The summed E-state index contributed by atoms with van der Waals surface area (Å²) in [6, 6.07) is 4.94. The van der Waals surface area contributed by atoms with Gasteiger partial charge in [-0.1, -0.05) is 12.2 Å². The SMILES string of the molecule is C=N/C(C(=O)CCC(=O)c1ccc2c(c1)SCCO2)=C(\C=C/C)C(F)(F)F. The van der Waals surface area contributed by atoms with Crippen LogP contribution in [0.5, 0.6) is 5.75 Å². The molecule has 0 spiro atoms. The summed E-state index contributed by atoms with van der Waals surface area (Å²) in [6.45, 7) is 5.06. The molecule has 1 aromatic carbocycles. The monoisotopic (exact) mass is 397 g/mol. The molecular weight excluding hydrogens is 379 g/mol. The lowest BCUT2D eigenvalue weighted by Crippen LogP contribution is -2.17. The van der Waals surface area contributed by atoms with Crippen molar-refractivity contribution < 1.29 is 27.5 Å². The summed E-state index contributed by atoms with van der Waals surface area (Å²) in [7, 11) is 0. The number of nitrogens with zero attached hydrogens (tertiary/aromatic N) is 1. The Balaban J connectivity index is 2.13. The summed E-state index contributed by atoms with van der Waals surface area (Å²) in [5.41, 5.74) is -1.55. The van der Waals surface area contributed by atoms with Crippen molar-refractivity contribution in [1.29, 1.82) is 0 Å². The second kappa shape index (κ2) is 9.03. The Morgan fingerprint density at radius 3 is 2.70 bits per heavy atom. The van der Waals surface area contributed by atoms with Gasteiger partial charge in [0.25, 0.3) is 0 Å². The van der Waals surface area contributed by atoms with Crippen LogP contribution in [0.4, 0.5) is 13.2 Å². The third-order valence-electron chi connectivity index (χ3n) is 3.76. The van der Waals surface area contributed by atoms with E-state index in [9.17, 15) is 22.8 Å². The molecule has 0 saturated heterocycles. The normalized spacial score (nSPS) is 15.0. The summed E-state index contributed by atoms with van der Waals surface area (Å²) in [5, 5.41) is 0. The number of alkyl halides is 3. The Labute approximate surface area is 159 Å². The van der Waals surface area contributed by atoms with Gasteiger partial charge in [-0.05, 0) is 31.8 Å². The van der Waals surface area contributed by atoms with E-state index in [0.29, 0.717) is 17.9 Å². The number of hydrogen-bond donors (Lipinski definition) is 0. The molecule has 0 atom stereocenters.